The van der Waals surface area contributed by atoms with Gasteiger partial charge in [-0.3, -0.25) is 4.68 Å². The van der Waals surface area contributed by atoms with E-state index in [4.69, 9.17) is 5.73 Å². The zero-order valence-corrected chi connectivity index (χ0v) is 14.5. The highest BCUT2D eigenvalue weighted by molar-refractivity contribution is 7.89. The Labute approximate surface area is 136 Å². The van der Waals surface area contributed by atoms with Crippen LogP contribution in [0.4, 0.5) is 0 Å². The number of aryl methyl sites for hydroxylation is 2. The fraction of sp³-hybridized carbons (Fsp3) is 0.600. The second kappa shape index (κ2) is 5.85. The standard InChI is InChI=1S/C15H23N5O2S/c1-10(16)14-6-4-5-7-20(14)23(21,22)12-8-13-11(2)18-19(3)15(13)17-9-12/h8-10,14H,4-7,16H2,1-3H3. The molecule has 0 spiro atoms. The predicted molar refractivity (Wildman–Crippen MR) is 88.4 cm³/mol. The van der Waals surface area contributed by atoms with Crippen LogP contribution in [-0.2, 0) is 17.1 Å². The lowest BCUT2D eigenvalue weighted by Crippen LogP contribution is -2.51. The van der Waals surface area contributed by atoms with Gasteiger partial charge in [0.05, 0.1) is 5.69 Å². The van der Waals surface area contributed by atoms with Crippen molar-refractivity contribution in [3.8, 4) is 0 Å². The van der Waals surface area contributed by atoms with Gasteiger partial charge >= 0.3 is 0 Å². The molecule has 0 bridgehead atoms. The highest BCUT2D eigenvalue weighted by atomic mass is 32.2. The number of rotatable bonds is 3. The summed E-state index contributed by atoms with van der Waals surface area (Å²) in [5.41, 5.74) is 7.47. The molecule has 2 atom stereocenters. The van der Waals surface area contributed by atoms with Crippen molar-refractivity contribution in [2.24, 2.45) is 12.8 Å². The van der Waals surface area contributed by atoms with Crippen molar-refractivity contribution in [1.29, 1.82) is 0 Å². The minimum absolute atomic E-state index is 0.153. The van der Waals surface area contributed by atoms with E-state index < -0.39 is 10.0 Å². The van der Waals surface area contributed by atoms with Gasteiger partial charge in [0.25, 0.3) is 0 Å². The van der Waals surface area contributed by atoms with Crippen molar-refractivity contribution in [3.63, 3.8) is 0 Å². The molecular formula is C15H23N5O2S. The number of hydrogen-bond donors (Lipinski definition) is 1. The molecule has 2 aromatic heterocycles. The largest absolute Gasteiger partial charge is 0.326 e. The molecule has 0 amide bonds. The van der Waals surface area contributed by atoms with E-state index in [-0.39, 0.29) is 17.0 Å². The maximum Gasteiger partial charge on any atom is 0.244 e. The van der Waals surface area contributed by atoms with E-state index in [1.165, 1.54) is 6.20 Å². The molecule has 126 valence electrons. The molecule has 0 saturated carbocycles. The van der Waals surface area contributed by atoms with Crippen LogP contribution in [0, 0.1) is 6.92 Å². The van der Waals surface area contributed by atoms with Crippen LogP contribution >= 0.6 is 0 Å². The highest BCUT2D eigenvalue weighted by Gasteiger charge is 2.35. The Balaban J connectivity index is 2.06. The number of nitrogens with two attached hydrogens (primary N) is 1. The van der Waals surface area contributed by atoms with Crippen molar-refractivity contribution in [2.45, 2.75) is 50.1 Å². The first kappa shape index (κ1) is 16.4. The van der Waals surface area contributed by atoms with Gasteiger partial charge in [0, 0.05) is 37.3 Å². The summed E-state index contributed by atoms with van der Waals surface area (Å²) < 4.78 is 29.3. The van der Waals surface area contributed by atoms with Crippen LogP contribution in [0.15, 0.2) is 17.2 Å². The average Bonchev–Trinajstić information content (AvgIpc) is 2.81. The van der Waals surface area contributed by atoms with Crippen LogP contribution in [0.3, 0.4) is 0 Å². The summed E-state index contributed by atoms with van der Waals surface area (Å²) in [7, 11) is -1.80. The van der Waals surface area contributed by atoms with Crippen LogP contribution < -0.4 is 5.73 Å². The van der Waals surface area contributed by atoms with Crippen molar-refractivity contribution < 1.29 is 8.42 Å². The number of aromatic nitrogens is 3. The summed E-state index contributed by atoms with van der Waals surface area (Å²) in [6.07, 6.45) is 4.10. The predicted octanol–water partition coefficient (Wildman–Crippen LogP) is 1.17. The summed E-state index contributed by atoms with van der Waals surface area (Å²) in [6.45, 7) is 4.23. The van der Waals surface area contributed by atoms with Gasteiger partial charge in [-0.05, 0) is 32.8 Å². The third-order valence-corrected chi connectivity index (χ3v) is 6.44. The number of fused-ring (bicyclic) bond motifs is 1. The molecule has 0 aliphatic carbocycles. The molecule has 7 nitrogen and oxygen atoms in total. The molecule has 3 rings (SSSR count). The highest BCUT2D eigenvalue weighted by Crippen LogP contribution is 2.28. The molecule has 2 N–H and O–H groups in total. The van der Waals surface area contributed by atoms with Crippen LogP contribution in [-0.4, -0.2) is 46.1 Å². The molecule has 23 heavy (non-hydrogen) atoms. The summed E-state index contributed by atoms with van der Waals surface area (Å²) in [6, 6.07) is 1.33. The van der Waals surface area contributed by atoms with Crippen LogP contribution in [0.25, 0.3) is 11.0 Å². The van der Waals surface area contributed by atoms with Crippen molar-refractivity contribution in [3.05, 3.63) is 18.0 Å². The van der Waals surface area contributed by atoms with Gasteiger partial charge in [-0.25, -0.2) is 13.4 Å². The molecule has 1 aliphatic rings. The van der Waals surface area contributed by atoms with E-state index in [9.17, 15) is 8.42 Å². The lowest BCUT2D eigenvalue weighted by atomic mass is 10.00. The van der Waals surface area contributed by atoms with Gasteiger partial charge in [0.2, 0.25) is 10.0 Å². The fourth-order valence-electron chi connectivity index (χ4n) is 3.32. The van der Waals surface area contributed by atoms with Crippen molar-refractivity contribution in [2.75, 3.05) is 6.54 Å². The van der Waals surface area contributed by atoms with Crippen molar-refractivity contribution in [1.82, 2.24) is 19.1 Å². The summed E-state index contributed by atoms with van der Waals surface area (Å²) in [4.78, 5) is 4.51. The minimum atomic E-state index is -3.60. The quantitative estimate of drug-likeness (QED) is 0.907. The lowest BCUT2D eigenvalue weighted by Gasteiger charge is -2.36. The number of nitrogens with zero attached hydrogens (tertiary/aromatic N) is 4. The second-order valence-electron chi connectivity index (χ2n) is 6.29. The molecule has 0 radical (unpaired) electrons. The molecule has 8 heteroatoms. The SMILES string of the molecule is Cc1nn(C)c2ncc(S(=O)(=O)N3CCCCC3C(C)N)cc12. The van der Waals surface area contributed by atoms with Gasteiger partial charge in [-0.1, -0.05) is 6.42 Å². The van der Waals surface area contributed by atoms with Gasteiger partial charge in [-0.2, -0.15) is 9.40 Å². The average molecular weight is 337 g/mol. The minimum Gasteiger partial charge on any atom is -0.326 e. The van der Waals surface area contributed by atoms with E-state index in [1.54, 1.807) is 22.1 Å². The molecule has 1 fully saturated rings. The van der Waals surface area contributed by atoms with Crippen molar-refractivity contribution >= 4 is 21.1 Å². The molecule has 1 saturated heterocycles. The fourth-order valence-corrected chi connectivity index (χ4v) is 5.07. The Bertz CT molecular complexity index is 828. The van der Waals surface area contributed by atoms with E-state index >= 15 is 0 Å². The van der Waals surface area contributed by atoms with E-state index in [0.29, 0.717) is 12.2 Å². The van der Waals surface area contributed by atoms with E-state index in [0.717, 1.165) is 30.3 Å². The third kappa shape index (κ3) is 2.75. The molecule has 2 unspecified atom stereocenters. The Morgan fingerprint density at radius 3 is 2.83 bits per heavy atom. The topological polar surface area (TPSA) is 94.1 Å². The maximum atomic E-state index is 13.1. The van der Waals surface area contributed by atoms with Gasteiger partial charge in [-0.15, -0.1) is 0 Å². The third-order valence-electron chi connectivity index (χ3n) is 4.55. The van der Waals surface area contributed by atoms with Crippen LogP contribution in [0.5, 0.6) is 0 Å². The zero-order valence-electron chi connectivity index (χ0n) is 13.7. The monoisotopic (exact) mass is 337 g/mol. The zero-order chi connectivity index (χ0) is 16.8. The number of hydrogen-bond acceptors (Lipinski definition) is 5. The Morgan fingerprint density at radius 1 is 1.39 bits per heavy atom. The lowest BCUT2D eigenvalue weighted by molar-refractivity contribution is 0.227. The molecule has 2 aromatic rings. The molecule has 0 aromatic carbocycles. The smallest absolute Gasteiger partial charge is 0.244 e. The number of sulfonamides is 1. The molecule has 3 heterocycles. The first-order valence-corrected chi connectivity index (χ1v) is 9.33. The Hall–Kier alpha value is -1.51. The first-order chi connectivity index (χ1) is 10.8. The Kier molecular flexibility index (Phi) is 4.16. The van der Waals surface area contributed by atoms with Crippen LogP contribution in [0.1, 0.15) is 31.9 Å². The van der Waals surface area contributed by atoms with Gasteiger partial charge < -0.3 is 5.73 Å². The molecular weight excluding hydrogens is 314 g/mol. The molecule has 1 aliphatic heterocycles. The second-order valence-corrected chi connectivity index (χ2v) is 8.18. The number of piperidine rings is 1. The van der Waals surface area contributed by atoms with Crippen LogP contribution in [0.2, 0.25) is 0 Å². The van der Waals surface area contributed by atoms with Gasteiger partial charge in [0.1, 0.15) is 4.90 Å². The van der Waals surface area contributed by atoms with Gasteiger partial charge in [0.15, 0.2) is 5.65 Å². The summed E-state index contributed by atoms with van der Waals surface area (Å²) >= 11 is 0. The maximum absolute atomic E-state index is 13.1. The Morgan fingerprint density at radius 2 is 2.13 bits per heavy atom. The normalized spacial score (nSPS) is 21.7. The van der Waals surface area contributed by atoms with E-state index in [1.807, 2.05) is 13.8 Å². The first-order valence-electron chi connectivity index (χ1n) is 7.89. The van der Waals surface area contributed by atoms with E-state index in [2.05, 4.69) is 10.1 Å². The number of pyridine rings is 1. The summed E-state index contributed by atoms with van der Waals surface area (Å²) in [5, 5.41) is 5.06. The summed E-state index contributed by atoms with van der Waals surface area (Å²) in [5.74, 6) is 0.